The smallest absolute Gasteiger partial charge is 0.253 e. The van der Waals surface area contributed by atoms with Crippen LogP contribution in [0, 0.1) is 5.92 Å². The van der Waals surface area contributed by atoms with Gasteiger partial charge in [-0.25, -0.2) is 8.42 Å². The molecule has 0 radical (unpaired) electrons. The molecule has 132 valence electrons. The first-order chi connectivity index (χ1) is 11.2. The largest absolute Gasteiger partial charge is 0.348 e. The van der Waals surface area contributed by atoms with E-state index >= 15 is 0 Å². The van der Waals surface area contributed by atoms with Gasteiger partial charge in [-0.2, -0.15) is 0 Å². The van der Waals surface area contributed by atoms with E-state index in [1.807, 2.05) is 0 Å². The van der Waals surface area contributed by atoms with Crippen molar-refractivity contribution < 1.29 is 18.0 Å². The molecule has 1 aliphatic carbocycles. The number of amides is 2. The molecule has 8 nitrogen and oxygen atoms in total. The molecule has 1 aromatic rings. The first-order valence-corrected chi connectivity index (χ1v) is 9.49. The number of anilines is 2. The van der Waals surface area contributed by atoms with Crippen LogP contribution in [0.15, 0.2) is 18.2 Å². The van der Waals surface area contributed by atoms with Crippen molar-refractivity contribution in [3.63, 3.8) is 0 Å². The van der Waals surface area contributed by atoms with Gasteiger partial charge in [-0.3, -0.25) is 14.3 Å². The fourth-order valence-electron chi connectivity index (χ4n) is 2.42. The summed E-state index contributed by atoms with van der Waals surface area (Å²) < 4.78 is 25.3. The van der Waals surface area contributed by atoms with Gasteiger partial charge in [0, 0.05) is 25.2 Å². The first-order valence-electron chi connectivity index (χ1n) is 7.60. The molecule has 2 amide bonds. The van der Waals surface area contributed by atoms with E-state index in [9.17, 15) is 18.0 Å². The lowest BCUT2D eigenvalue weighted by Crippen LogP contribution is -2.42. The van der Waals surface area contributed by atoms with Gasteiger partial charge in [0.2, 0.25) is 15.9 Å². The molecule has 0 spiro atoms. The summed E-state index contributed by atoms with van der Waals surface area (Å²) in [6.45, 7) is 1.66. The molecule has 0 aliphatic heterocycles. The van der Waals surface area contributed by atoms with Crippen molar-refractivity contribution in [1.82, 2.24) is 5.32 Å². The second-order valence-corrected chi connectivity index (χ2v) is 7.72. The third-order valence-corrected chi connectivity index (χ3v) is 4.23. The molecule has 0 aromatic heterocycles. The quantitative estimate of drug-likeness (QED) is 0.566. The van der Waals surface area contributed by atoms with Crippen molar-refractivity contribution in [2.45, 2.75) is 25.8 Å². The van der Waals surface area contributed by atoms with E-state index in [2.05, 4.69) is 15.4 Å². The summed E-state index contributed by atoms with van der Waals surface area (Å²) in [5, 5.41) is 5.41. The van der Waals surface area contributed by atoms with Gasteiger partial charge >= 0.3 is 0 Å². The third-order valence-electron chi connectivity index (χ3n) is 3.64. The SMILES string of the molecule is CC(=O)Nc1ccc(NS(C)(=O)=O)c(C(=O)NC(CN)C2CC2)c1. The number of carbonyl (C=O) groups excluding carboxylic acids is 2. The maximum atomic E-state index is 12.6. The highest BCUT2D eigenvalue weighted by Gasteiger charge is 2.32. The lowest BCUT2D eigenvalue weighted by molar-refractivity contribution is -0.114. The Balaban J connectivity index is 2.30. The van der Waals surface area contributed by atoms with Crippen LogP contribution in [0.4, 0.5) is 11.4 Å². The Morgan fingerprint density at radius 2 is 2.00 bits per heavy atom. The molecule has 1 unspecified atom stereocenters. The fourth-order valence-corrected chi connectivity index (χ4v) is 2.99. The molecule has 1 saturated carbocycles. The maximum absolute atomic E-state index is 12.6. The Labute approximate surface area is 141 Å². The molecule has 1 fully saturated rings. The number of hydrogen-bond donors (Lipinski definition) is 4. The number of benzene rings is 1. The standard InChI is InChI=1S/C15H22N4O4S/c1-9(20)17-11-5-6-13(19-24(2,22)23)12(7-11)15(21)18-14(8-16)10-3-4-10/h5-7,10,14,19H,3-4,8,16H2,1-2H3,(H,17,20)(H,18,21). The zero-order valence-corrected chi connectivity index (χ0v) is 14.4. The molecular weight excluding hydrogens is 332 g/mol. The van der Waals surface area contributed by atoms with Crippen LogP contribution < -0.4 is 21.1 Å². The minimum absolute atomic E-state index is 0.130. The van der Waals surface area contributed by atoms with Gasteiger partial charge in [0.05, 0.1) is 17.5 Å². The lowest BCUT2D eigenvalue weighted by atomic mass is 10.1. The van der Waals surface area contributed by atoms with Gasteiger partial charge in [0.25, 0.3) is 5.91 Å². The van der Waals surface area contributed by atoms with E-state index in [1.54, 1.807) is 0 Å². The van der Waals surface area contributed by atoms with E-state index in [1.165, 1.54) is 25.1 Å². The van der Waals surface area contributed by atoms with Crippen LogP contribution in [-0.4, -0.2) is 39.1 Å². The Bertz CT molecular complexity index is 744. The number of sulfonamides is 1. The van der Waals surface area contributed by atoms with E-state index in [-0.39, 0.29) is 23.2 Å². The van der Waals surface area contributed by atoms with E-state index in [4.69, 9.17) is 5.73 Å². The topological polar surface area (TPSA) is 130 Å². The fraction of sp³-hybridized carbons (Fsp3) is 0.467. The average Bonchev–Trinajstić information content (AvgIpc) is 3.28. The minimum atomic E-state index is -3.55. The van der Waals surface area contributed by atoms with Crippen LogP contribution in [0.3, 0.4) is 0 Å². The Hall–Kier alpha value is -2.13. The summed E-state index contributed by atoms with van der Waals surface area (Å²) in [6.07, 6.45) is 3.04. The third kappa shape index (κ3) is 5.20. The molecule has 1 aromatic carbocycles. The number of nitrogens with two attached hydrogens (primary N) is 1. The molecule has 0 heterocycles. The Kier molecular flexibility index (Phi) is 5.45. The van der Waals surface area contributed by atoms with Crippen LogP contribution in [-0.2, 0) is 14.8 Å². The van der Waals surface area contributed by atoms with Gasteiger partial charge in [0.15, 0.2) is 0 Å². The molecule has 2 rings (SSSR count). The Morgan fingerprint density at radius 3 is 2.50 bits per heavy atom. The highest BCUT2D eigenvalue weighted by molar-refractivity contribution is 7.92. The number of carbonyl (C=O) groups is 2. The van der Waals surface area contributed by atoms with Crippen LogP contribution in [0.25, 0.3) is 0 Å². The molecule has 24 heavy (non-hydrogen) atoms. The summed E-state index contributed by atoms with van der Waals surface area (Å²) in [5.74, 6) is -0.359. The second-order valence-electron chi connectivity index (χ2n) is 5.97. The normalized spacial score (nSPS) is 15.5. The monoisotopic (exact) mass is 354 g/mol. The minimum Gasteiger partial charge on any atom is -0.348 e. The van der Waals surface area contributed by atoms with Gasteiger partial charge in [0.1, 0.15) is 0 Å². The molecule has 1 atom stereocenters. The highest BCUT2D eigenvalue weighted by Crippen LogP contribution is 2.32. The highest BCUT2D eigenvalue weighted by atomic mass is 32.2. The predicted molar refractivity (Wildman–Crippen MR) is 92.2 cm³/mol. The zero-order valence-electron chi connectivity index (χ0n) is 13.6. The van der Waals surface area contributed by atoms with Crippen LogP contribution in [0.1, 0.15) is 30.1 Å². The summed E-state index contributed by atoms with van der Waals surface area (Å²) in [4.78, 5) is 23.8. The van der Waals surface area contributed by atoms with Gasteiger partial charge in [-0.05, 0) is 37.0 Å². The lowest BCUT2D eigenvalue weighted by Gasteiger charge is -2.18. The van der Waals surface area contributed by atoms with E-state index in [0.717, 1.165) is 19.1 Å². The predicted octanol–water partition coefficient (Wildman–Crippen LogP) is 0.484. The van der Waals surface area contributed by atoms with Crippen molar-refractivity contribution >= 4 is 33.2 Å². The molecule has 1 aliphatic rings. The van der Waals surface area contributed by atoms with Gasteiger partial charge in [-0.1, -0.05) is 0 Å². The first kappa shape index (κ1) is 18.2. The van der Waals surface area contributed by atoms with Crippen molar-refractivity contribution in [3.8, 4) is 0 Å². The number of rotatable bonds is 7. The number of hydrogen-bond acceptors (Lipinski definition) is 5. The molecular formula is C15H22N4O4S. The number of nitrogens with one attached hydrogen (secondary N) is 3. The summed E-state index contributed by atoms with van der Waals surface area (Å²) in [5.41, 5.74) is 6.38. The van der Waals surface area contributed by atoms with Crippen molar-refractivity contribution in [2.24, 2.45) is 11.7 Å². The van der Waals surface area contributed by atoms with E-state index < -0.39 is 15.9 Å². The summed E-state index contributed by atoms with van der Waals surface area (Å²) in [7, 11) is -3.55. The summed E-state index contributed by atoms with van der Waals surface area (Å²) in [6, 6.07) is 4.25. The van der Waals surface area contributed by atoms with Gasteiger partial charge in [-0.15, -0.1) is 0 Å². The molecule has 0 bridgehead atoms. The van der Waals surface area contributed by atoms with Crippen LogP contribution in [0.2, 0.25) is 0 Å². The van der Waals surface area contributed by atoms with Crippen molar-refractivity contribution in [2.75, 3.05) is 22.8 Å². The average molecular weight is 354 g/mol. The zero-order chi connectivity index (χ0) is 17.9. The summed E-state index contributed by atoms with van der Waals surface area (Å²) >= 11 is 0. The second kappa shape index (κ2) is 7.18. The van der Waals surface area contributed by atoms with Gasteiger partial charge < -0.3 is 16.4 Å². The molecule has 5 N–H and O–H groups in total. The van der Waals surface area contributed by atoms with Crippen LogP contribution in [0.5, 0.6) is 0 Å². The maximum Gasteiger partial charge on any atom is 0.253 e. The van der Waals surface area contributed by atoms with Crippen LogP contribution >= 0.6 is 0 Å². The van der Waals surface area contributed by atoms with Crippen molar-refractivity contribution in [1.29, 1.82) is 0 Å². The molecule has 9 heteroatoms. The molecule has 0 saturated heterocycles. The van der Waals surface area contributed by atoms with Crippen molar-refractivity contribution in [3.05, 3.63) is 23.8 Å². The Morgan fingerprint density at radius 1 is 1.33 bits per heavy atom. The van der Waals surface area contributed by atoms with E-state index in [0.29, 0.717) is 18.2 Å².